The van der Waals surface area contributed by atoms with Crippen LogP contribution < -0.4 is 10.6 Å². The Morgan fingerprint density at radius 1 is 1.06 bits per heavy atom. The van der Waals surface area contributed by atoms with Crippen LogP contribution in [0, 0.1) is 6.92 Å². The first-order valence-electron chi connectivity index (χ1n) is 11.5. The number of nitrogens with one attached hydrogen (secondary N) is 3. The van der Waals surface area contributed by atoms with E-state index in [1.807, 2.05) is 30.9 Å². The van der Waals surface area contributed by atoms with E-state index in [-0.39, 0.29) is 0 Å². The number of fused-ring (bicyclic) bond motifs is 1. The van der Waals surface area contributed by atoms with Crippen molar-refractivity contribution >= 4 is 33.5 Å². The van der Waals surface area contributed by atoms with Crippen molar-refractivity contribution in [1.29, 1.82) is 0 Å². The Bertz CT molecular complexity index is 1440. The highest BCUT2D eigenvalue weighted by atomic mass is 15.1. The number of benzene rings is 1. The Balaban J connectivity index is 1.45. The molecule has 0 aliphatic heterocycles. The molecular formula is C28H28N6. The van der Waals surface area contributed by atoms with Gasteiger partial charge in [0, 0.05) is 41.1 Å². The average molecular weight is 449 g/mol. The minimum Gasteiger partial charge on any atom is -0.382 e. The van der Waals surface area contributed by atoms with E-state index in [1.165, 1.54) is 5.57 Å². The molecule has 4 aromatic rings. The van der Waals surface area contributed by atoms with Crippen LogP contribution in [-0.4, -0.2) is 26.2 Å². The summed E-state index contributed by atoms with van der Waals surface area (Å²) in [5, 5.41) is 15.5. The van der Waals surface area contributed by atoms with E-state index >= 15 is 0 Å². The van der Waals surface area contributed by atoms with Gasteiger partial charge in [0.15, 0.2) is 0 Å². The Hall–Kier alpha value is -4.19. The summed E-state index contributed by atoms with van der Waals surface area (Å²) < 4.78 is 0. The maximum absolute atomic E-state index is 4.55. The second-order valence-electron chi connectivity index (χ2n) is 8.85. The van der Waals surface area contributed by atoms with Crippen molar-refractivity contribution in [2.45, 2.75) is 33.2 Å². The predicted octanol–water partition coefficient (Wildman–Crippen LogP) is 6.57. The van der Waals surface area contributed by atoms with Crippen LogP contribution in [0.4, 0.5) is 11.4 Å². The molecule has 0 atom stereocenters. The monoisotopic (exact) mass is 448 g/mol. The van der Waals surface area contributed by atoms with Crippen molar-refractivity contribution in [3.63, 3.8) is 0 Å². The van der Waals surface area contributed by atoms with Gasteiger partial charge in [-0.2, -0.15) is 5.10 Å². The fourth-order valence-electron chi connectivity index (χ4n) is 4.26. The molecule has 3 aromatic heterocycles. The maximum atomic E-state index is 4.55. The van der Waals surface area contributed by atoms with Crippen molar-refractivity contribution in [1.82, 2.24) is 20.2 Å². The molecule has 0 saturated heterocycles. The number of anilines is 2. The summed E-state index contributed by atoms with van der Waals surface area (Å²) >= 11 is 0. The number of hydrogen-bond donors (Lipinski definition) is 3. The number of aromatic amines is 1. The van der Waals surface area contributed by atoms with E-state index in [4.69, 9.17) is 0 Å². The first kappa shape index (κ1) is 21.6. The van der Waals surface area contributed by atoms with Crippen LogP contribution in [0.1, 0.15) is 37.1 Å². The molecule has 6 heteroatoms. The van der Waals surface area contributed by atoms with E-state index in [9.17, 15) is 0 Å². The summed E-state index contributed by atoms with van der Waals surface area (Å²) in [6, 6.07) is 8.72. The standard InChI is InChI=1S/C28H28N6/c1-17(2)31-23-11-22(13-29-14-23)21-9-10-26-24(12-21)28(34-33-26)19(4)32-27-16-30-15-25(18(27)3)20-7-5-6-8-20/h5,7-17,31-32H,4,6H2,1-3H3,(H,33,34). The van der Waals surface area contributed by atoms with Gasteiger partial charge in [-0.05, 0) is 62.1 Å². The highest BCUT2D eigenvalue weighted by molar-refractivity contribution is 5.95. The summed E-state index contributed by atoms with van der Waals surface area (Å²) in [7, 11) is 0. The molecular weight excluding hydrogens is 420 g/mol. The second kappa shape index (κ2) is 8.98. The molecule has 34 heavy (non-hydrogen) atoms. The highest BCUT2D eigenvalue weighted by Crippen LogP contribution is 2.32. The van der Waals surface area contributed by atoms with Gasteiger partial charge in [0.1, 0.15) is 5.69 Å². The minimum atomic E-state index is 0.340. The molecule has 0 fully saturated rings. The fourth-order valence-corrected chi connectivity index (χ4v) is 4.26. The minimum absolute atomic E-state index is 0.340. The Morgan fingerprint density at radius 2 is 1.91 bits per heavy atom. The lowest BCUT2D eigenvalue weighted by Gasteiger charge is -2.14. The number of rotatable bonds is 7. The van der Waals surface area contributed by atoms with Gasteiger partial charge in [0.25, 0.3) is 0 Å². The van der Waals surface area contributed by atoms with Gasteiger partial charge in [0.2, 0.25) is 0 Å². The van der Waals surface area contributed by atoms with Gasteiger partial charge < -0.3 is 10.6 Å². The lowest BCUT2D eigenvalue weighted by molar-refractivity contribution is 0.898. The molecule has 1 aliphatic rings. The summed E-state index contributed by atoms with van der Waals surface area (Å²) in [6.07, 6.45) is 15.0. The molecule has 0 saturated carbocycles. The van der Waals surface area contributed by atoms with E-state index < -0.39 is 0 Å². The molecule has 0 amide bonds. The molecule has 170 valence electrons. The molecule has 0 radical (unpaired) electrons. The Labute approximate surface area is 199 Å². The zero-order valence-corrected chi connectivity index (χ0v) is 19.7. The smallest absolute Gasteiger partial charge is 0.116 e. The summed E-state index contributed by atoms with van der Waals surface area (Å²) in [5.41, 5.74) is 9.97. The van der Waals surface area contributed by atoms with Gasteiger partial charge in [-0.3, -0.25) is 15.1 Å². The first-order chi connectivity index (χ1) is 16.5. The molecule has 3 N–H and O–H groups in total. The number of hydrogen-bond acceptors (Lipinski definition) is 5. The molecule has 1 aromatic carbocycles. The molecule has 0 spiro atoms. The highest BCUT2D eigenvalue weighted by Gasteiger charge is 2.14. The molecule has 1 aliphatic carbocycles. The van der Waals surface area contributed by atoms with Crippen LogP contribution in [-0.2, 0) is 0 Å². The van der Waals surface area contributed by atoms with E-state index in [0.717, 1.165) is 62.3 Å². The van der Waals surface area contributed by atoms with Crippen molar-refractivity contribution < 1.29 is 0 Å². The lowest BCUT2D eigenvalue weighted by Crippen LogP contribution is -2.09. The van der Waals surface area contributed by atoms with Crippen LogP contribution in [0.25, 0.3) is 33.3 Å². The van der Waals surface area contributed by atoms with Crippen LogP contribution in [0.5, 0.6) is 0 Å². The summed E-state index contributed by atoms with van der Waals surface area (Å²) in [5.74, 6) is 0. The third-order valence-electron chi connectivity index (χ3n) is 5.96. The third kappa shape index (κ3) is 4.22. The van der Waals surface area contributed by atoms with Crippen LogP contribution >= 0.6 is 0 Å². The Kier molecular flexibility index (Phi) is 5.72. The normalized spacial score (nSPS) is 12.9. The third-order valence-corrected chi connectivity index (χ3v) is 5.96. The fraction of sp³-hybridized carbons (Fsp3) is 0.179. The van der Waals surface area contributed by atoms with E-state index in [0.29, 0.717) is 6.04 Å². The number of pyridine rings is 2. The maximum Gasteiger partial charge on any atom is 0.116 e. The van der Waals surface area contributed by atoms with Crippen molar-refractivity contribution in [3.05, 3.63) is 90.7 Å². The average Bonchev–Trinajstić information content (AvgIpc) is 3.50. The van der Waals surface area contributed by atoms with Gasteiger partial charge in [-0.1, -0.05) is 30.9 Å². The molecule has 0 unspecified atom stereocenters. The van der Waals surface area contributed by atoms with Gasteiger partial charge in [-0.15, -0.1) is 0 Å². The zero-order valence-electron chi connectivity index (χ0n) is 19.7. The lowest BCUT2D eigenvalue weighted by atomic mass is 10.0. The SMILES string of the molecule is C=C(Nc1cncc(C2=CCC=C2)c1C)c1n[nH]c2ccc(-c3cncc(NC(C)C)c3)cc12. The largest absolute Gasteiger partial charge is 0.382 e. The van der Waals surface area contributed by atoms with Gasteiger partial charge in [-0.25, -0.2) is 0 Å². The molecule has 6 nitrogen and oxygen atoms in total. The summed E-state index contributed by atoms with van der Waals surface area (Å²) in [6.45, 7) is 10.6. The van der Waals surface area contributed by atoms with E-state index in [1.54, 1.807) is 0 Å². The predicted molar refractivity (Wildman–Crippen MR) is 141 cm³/mol. The number of aromatic nitrogens is 4. The van der Waals surface area contributed by atoms with Crippen molar-refractivity contribution in [2.24, 2.45) is 0 Å². The van der Waals surface area contributed by atoms with Crippen LogP contribution in [0.15, 0.2) is 73.9 Å². The summed E-state index contributed by atoms with van der Waals surface area (Å²) in [4.78, 5) is 8.86. The van der Waals surface area contributed by atoms with Crippen molar-refractivity contribution in [3.8, 4) is 11.1 Å². The molecule has 0 bridgehead atoms. The van der Waals surface area contributed by atoms with Crippen LogP contribution in [0.3, 0.4) is 0 Å². The molecule has 5 rings (SSSR count). The second-order valence-corrected chi connectivity index (χ2v) is 8.85. The molecule has 3 heterocycles. The van der Waals surface area contributed by atoms with Crippen molar-refractivity contribution in [2.75, 3.05) is 10.6 Å². The first-order valence-corrected chi connectivity index (χ1v) is 11.5. The Morgan fingerprint density at radius 3 is 2.71 bits per heavy atom. The van der Waals surface area contributed by atoms with Crippen LogP contribution in [0.2, 0.25) is 0 Å². The topological polar surface area (TPSA) is 78.5 Å². The van der Waals surface area contributed by atoms with E-state index in [2.05, 4.69) is 94.6 Å². The zero-order chi connectivity index (χ0) is 23.7. The quantitative estimate of drug-likeness (QED) is 0.298. The van der Waals surface area contributed by atoms with Gasteiger partial charge >= 0.3 is 0 Å². The number of H-pyrrole nitrogens is 1. The van der Waals surface area contributed by atoms with Gasteiger partial charge in [0.05, 0.1) is 28.8 Å². The number of allylic oxidation sites excluding steroid dienone is 4. The number of nitrogens with zero attached hydrogens (tertiary/aromatic N) is 3.